The van der Waals surface area contributed by atoms with Gasteiger partial charge in [-0.05, 0) is 19.9 Å². The van der Waals surface area contributed by atoms with Gasteiger partial charge in [0.1, 0.15) is 0 Å². The third kappa shape index (κ3) is 2.82. The zero-order valence-electron chi connectivity index (χ0n) is 10.7. The van der Waals surface area contributed by atoms with Gasteiger partial charge in [0.15, 0.2) is 17.3 Å². The standard InChI is InChI=1S/C12H15N5O2/c1-8(2)17-7-9(5-15-17)19-11-6-14-4-3-10(11)12(13)16-18/h3-8,18H,1-2H3,(H2,13,16). The molecule has 2 rings (SSSR count). The fourth-order valence-corrected chi connectivity index (χ4v) is 1.51. The van der Waals surface area contributed by atoms with E-state index in [1.165, 1.54) is 12.4 Å². The van der Waals surface area contributed by atoms with Crippen molar-refractivity contribution in [3.63, 3.8) is 0 Å². The van der Waals surface area contributed by atoms with Crippen molar-refractivity contribution >= 4 is 5.84 Å². The van der Waals surface area contributed by atoms with Crippen LogP contribution in [0.5, 0.6) is 11.5 Å². The van der Waals surface area contributed by atoms with Crippen LogP contribution in [-0.2, 0) is 0 Å². The molecule has 2 aromatic rings. The summed E-state index contributed by atoms with van der Waals surface area (Å²) in [7, 11) is 0. The van der Waals surface area contributed by atoms with E-state index in [0.717, 1.165) is 0 Å². The van der Waals surface area contributed by atoms with Crippen molar-refractivity contribution in [2.75, 3.05) is 0 Å². The summed E-state index contributed by atoms with van der Waals surface area (Å²) in [6, 6.07) is 1.85. The Kier molecular flexibility index (Phi) is 3.65. The van der Waals surface area contributed by atoms with Gasteiger partial charge < -0.3 is 15.7 Å². The predicted octanol–water partition coefficient (Wildman–Crippen LogP) is 1.75. The molecule has 0 radical (unpaired) electrons. The molecule has 3 N–H and O–H groups in total. The Morgan fingerprint density at radius 2 is 2.26 bits per heavy atom. The maximum atomic E-state index is 8.73. The van der Waals surface area contributed by atoms with E-state index in [-0.39, 0.29) is 11.9 Å². The van der Waals surface area contributed by atoms with Crippen molar-refractivity contribution in [3.05, 3.63) is 36.4 Å². The van der Waals surface area contributed by atoms with E-state index >= 15 is 0 Å². The largest absolute Gasteiger partial charge is 0.452 e. The lowest BCUT2D eigenvalue weighted by Crippen LogP contribution is -2.14. The average molecular weight is 261 g/mol. The molecule has 7 heteroatoms. The lowest BCUT2D eigenvalue weighted by Gasteiger charge is -2.07. The Morgan fingerprint density at radius 3 is 2.89 bits per heavy atom. The second-order valence-corrected chi connectivity index (χ2v) is 4.21. The molecule has 0 aromatic carbocycles. The normalized spacial score (nSPS) is 11.8. The zero-order chi connectivity index (χ0) is 13.8. The van der Waals surface area contributed by atoms with Gasteiger partial charge in [-0.1, -0.05) is 5.16 Å². The van der Waals surface area contributed by atoms with Crippen molar-refractivity contribution in [2.45, 2.75) is 19.9 Å². The molecule has 0 aliphatic carbocycles. The second kappa shape index (κ2) is 5.38. The number of rotatable bonds is 4. The van der Waals surface area contributed by atoms with Gasteiger partial charge in [-0.15, -0.1) is 0 Å². The smallest absolute Gasteiger partial charge is 0.173 e. The molecule has 0 fully saturated rings. The number of hydrogen-bond donors (Lipinski definition) is 2. The number of nitrogens with zero attached hydrogens (tertiary/aromatic N) is 4. The molecule has 0 atom stereocenters. The van der Waals surface area contributed by atoms with Crippen LogP contribution in [-0.4, -0.2) is 25.8 Å². The van der Waals surface area contributed by atoms with Crippen LogP contribution in [0.4, 0.5) is 0 Å². The van der Waals surface area contributed by atoms with E-state index < -0.39 is 0 Å². The molecule has 19 heavy (non-hydrogen) atoms. The van der Waals surface area contributed by atoms with Crippen LogP contribution in [0, 0.1) is 0 Å². The van der Waals surface area contributed by atoms with Crippen molar-refractivity contribution in [3.8, 4) is 11.5 Å². The summed E-state index contributed by atoms with van der Waals surface area (Å²) in [4.78, 5) is 3.96. The summed E-state index contributed by atoms with van der Waals surface area (Å²) in [6.45, 7) is 4.03. The van der Waals surface area contributed by atoms with Crippen LogP contribution >= 0.6 is 0 Å². The van der Waals surface area contributed by atoms with Gasteiger partial charge in [-0.25, -0.2) is 0 Å². The Balaban J connectivity index is 2.28. The molecule has 0 unspecified atom stereocenters. The Labute approximate surface area is 110 Å². The predicted molar refractivity (Wildman–Crippen MR) is 69.4 cm³/mol. The minimum absolute atomic E-state index is 0.0337. The number of oxime groups is 1. The zero-order valence-corrected chi connectivity index (χ0v) is 10.7. The molecule has 0 bridgehead atoms. The molecule has 0 amide bonds. The highest BCUT2D eigenvalue weighted by Gasteiger charge is 2.10. The van der Waals surface area contributed by atoms with Gasteiger partial charge in [-0.2, -0.15) is 5.10 Å². The Hall–Kier alpha value is -2.57. The first-order valence-electron chi connectivity index (χ1n) is 5.75. The maximum absolute atomic E-state index is 8.73. The van der Waals surface area contributed by atoms with E-state index in [9.17, 15) is 0 Å². The number of hydrogen-bond acceptors (Lipinski definition) is 5. The highest BCUT2D eigenvalue weighted by molar-refractivity contribution is 5.99. The van der Waals surface area contributed by atoms with Crippen molar-refractivity contribution in [1.82, 2.24) is 14.8 Å². The first-order chi connectivity index (χ1) is 9.11. The number of amidine groups is 1. The SMILES string of the molecule is CC(C)n1cc(Oc2cnccc2/C(N)=N/O)cn1. The van der Waals surface area contributed by atoms with Gasteiger partial charge in [0.05, 0.1) is 24.2 Å². The maximum Gasteiger partial charge on any atom is 0.173 e. The van der Waals surface area contributed by atoms with Gasteiger partial charge in [0, 0.05) is 12.2 Å². The summed E-state index contributed by atoms with van der Waals surface area (Å²) in [5.41, 5.74) is 6.04. The fourth-order valence-electron chi connectivity index (χ4n) is 1.51. The first-order valence-corrected chi connectivity index (χ1v) is 5.75. The number of pyridine rings is 1. The van der Waals surface area contributed by atoms with E-state index in [1.54, 1.807) is 23.1 Å². The number of nitrogens with two attached hydrogens (primary N) is 1. The van der Waals surface area contributed by atoms with Gasteiger partial charge >= 0.3 is 0 Å². The van der Waals surface area contributed by atoms with Crippen LogP contribution < -0.4 is 10.5 Å². The monoisotopic (exact) mass is 261 g/mol. The van der Waals surface area contributed by atoms with E-state index in [4.69, 9.17) is 15.7 Å². The highest BCUT2D eigenvalue weighted by atomic mass is 16.5. The van der Waals surface area contributed by atoms with Gasteiger partial charge in [0.25, 0.3) is 0 Å². The summed E-state index contributed by atoms with van der Waals surface area (Å²) in [5.74, 6) is 0.934. The van der Waals surface area contributed by atoms with Crippen molar-refractivity contribution in [1.29, 1.82) is 0 Å². The van der Waals surface area contributed by atoms with E-state index in [2.05, 4.69) is 15.2 Å². The lowest BCUT2D eigenvalue weighted by molar-refractivity contribution is 0.318. The third-order valence-corrected chi connectivity index (χ3v) is 2.50. The van der Waals surface area contributed by atoms with Crippen molar-refractivity contribution in [2.24, 2.45) is 10.9 Å². The number of ether oxygens (including phenoxy) is 1. The topological polar surface area (TPSA) is 98.6 Å². The van der Waals surface area contributed by atoms with Crippen LogP contribution in [0.1, 0.15) is 25.5 Å². The summed E-state index contributed by atoms with van der Waals surface area (Å²) < 4.78 is 7.42. The highest BCUT2D eigenvalue weighted by Crippen LogP contribution is 2.24. The van der Waals surface area contributed by atoms with E-state index in [1.807, 2.05) is 13.8 Å². The Bertz CT molecular complexity index is 591. The molecule has 0 aliphatic heterocycles. The van der Waals surface area contributed by atoms with Crippen LogP contribution in [0.2, 0.25) is 0 Å². The Morgan fingerprint density at radius 1 is 1.47 bits per heavy atom. The minimum Gasteiger partial charge on any atom is -0.452 e. The third-order valence-electron chi connectivity index (χ3n) is 2.50. The molecule has 0 saturated carbocycles. The van der Waals surface area contributed by atoms with Gasteiger partial charge in [0.2, 0.25) is 0 Å². The molecule has 7 nitrogen and oxygen atoms in total. The quantitative estimate of drug-likeness (QED) is 0.378. The molecule has 0 spiro atoms. The minimum atomic E-state index is -0.0337. The van der Waals surface area contributed by atoms with E-state index in [0.29, 0.717) is 17.1 Å². The molecule has 2 heterocycles. The fraction of sp³-hybridized carbons (Fsp3) is 0.250. The molecule has 100 valence electrons. The number of aromatic nitrogens is 3. The molecule has 0 aliphatic rings. The van der Waals surface area contributed by atoms with Gasteiger partial charge in [-0.3, -0.25) is 9.67 Å². The van der Waals surface area contributed by atoms with Crippen LogP contribution in [0.15, 0.2) is 36.0 Å². The molecular formula is C12H15N5O2. The second-order valence-electron chi connectivity index (χ2n) is 4.21. The van der Waals surface area contributed by atoms with Crippen LogP contribution in [0.3, 0.4) is 0 Å². The summed E-state index contributed by atoms with van der Waals surface area (Å²) in [5, 5.41) is 15.9. The lowest BCUT2D eigenvalue weighted by atomic mass is 10.2. The molecular weight excluding hydrogens is 246 g/mol. The summed E-state index contributed by atoms with van der Waals surface area (Å²) in [6.07, 6.45) is 6.41. The molecule has 2 aromatic heterocycles. The molecule has 0 saturated heterocycles. The average Bonchev–Trinajstić information content (AvgIpc) is 2.87. The van der Waals surface area contributed by atoms with Crippen molar-refractivity contribution < 1.29 is 9.94 Å². The summed E-state index contributed by atoms with van der Waals surface area (Å²) >= 11 is 0. The van der Waals surface area contributed by atoms with Crippen LogP contribution in [0.25, 0.3) is 0 Å². The first kappa shape index (κ1) is 12.9.